The lowest BCUT2D eigenvalue weighted by Crippen LogP contribution is -2.07. The van der Waals surface area contributed by atoms with Crippen LogP contribution in [0.2, 0.25) is 0 Å². The Kier molecular flexibility index (Phi) is 2.34. The van der Waals surface area contributed by atoms with Crippen LogP contribution in [0.3, 0.4) is 0 Å². The lowest BCUT2D eigenvalue weighted by atomic mass is 10.2. The maximum absolute atomic E-state index is 10.3. The summed E-state index contributed by atoms with van der Waals surface area (Å²) < 4.78 is 0. The van der Waals surface area contributed by atoms with Gasteiger partial charge in [0.15, 0.2) is 0 Å². The Balaban J connectivity index is 2.63. The van der Waals surface area contributed by atoms with Crippen molar-refractivity contribution in [3.05, 3.63) is 11.6 Å². The summed E-state index contributed by atoms with van der Waals surface area (Å²) in [6.07, 6.45) is 4.06. The number of rotatable bonds is 1. The first-order chi connectivity index (χ1) is 4.34. The number of carbonyl (C=O) groups is 1. The fourth-order valence-electron chi connectivity index (χ4n) is 0.877. The first-order valence-corrected chi connectivity index (χ1v) is 4.16. The van der Waals surface area contributed by atoms with Crippen LogP contribution in [-0.2, 0) is 4.79 Å². The van der Waals surface area contributed by atoms with Gasteiger partial charge in [0.2, 0.25) is 0 Å². The predicted octanol–water partition coefficient (Wildman–Crippen LogP) is 1.64. The minimum absolute atomic E-state index is 0.427. The molecule has 1 aliphatic rings. The first-order valence-electron chi connectivity index (χ1n) is 3.11. The van der Waals surface area contributed by atoms with Crippen molar-refractivity contribution in [3.63, 3.8) is 0 Å². The van der Waals surface area contributed by atoms with Gasteiger partial charge in [-0.15, -0.1) is 0 Å². The molecule has 0 fully saturated rings. The molecule has 0 radical (unpaired) electrons. The summed E-state index contributed by atoms with van der Waals surface area (Å²) in [5.74, 6) is 1.17. The molecule has 0 spiro atoms. The number of carbonyl (C=O) groups excluding carboxylic acids is 1. The summed E-state index contributed by atoms with van der Waals surface area (Å²) >= 11 is 1.85. The average molecular weight is 142 g/mol. The second-order valence-corrected chi connectivity index (χ2v) is 3.57. The van der Waals surface area contributed by atoms with E-state index in [0.29, 0.717) is 5.25 Å². The fourth-order valence-corrected chi connectivity index (χ4v) is 1.83. The van der Waals surface area contributed by atoms with Crippen molar-refractivity contribution in [3.8, 4) is 0 Å². The number of hydrogen-bond acceptors (Lipinski definition) is 2. The minimum Gasteiger partial charge on any atom is -0.298 e. The topological polar surface area (TPSA) is 17.1 Å². The lowest BCUT2D eigenvalue weighted by Gasteiger charge is -2.14. The molecule has 0 saturated carbocycles. The maximum atomic E-state index is 10.3. The van der Waals surface area contributed by atoms with E-state index >= 15 is 0 Å². The van der Waals surface area contributed by atoms with Gasteiger partial charge in [0.05, 0.1) is 0 Å². The van der Waals surface area contributed by atoms with Crippen molar-refractivity contribution in [2.45, 2.75) is 18.6 Å². The second kappa shape index (κ2) is 3.06. The van der Waals surface area contributed by atoms with Crippen molar-refractivity contribution >= 4 is 18.0 Å². The van der Waals surface area contributed by atoms with Crippen LogP contribution in [-0.4, -0.2) is 17.3 Å². The molecule has 0 N–H and O–H groups in total. The fraction of sp³-hybridized carbons (Fsp3) is 0.571. The van der Waals surface area contributed by atoms with E-state index < -0.39 is 0 Å². The van der Waals surface area contributed by atoms with E-state index in [9.17, 15) is 4.79 Å². The number of allylic oxidation sites excluding steroid dienone is 1. The van der Waals surface area contributed by atoms with Crippen LogP contribution in [0.1, 0.15) is 13.3 Å². The quantitative estimate of drug-likeness (QED) is 0.518. The number of thioether (sulfide) groups is 1. The highest BCUT2D eigenvalue weighted by Gasteiger charge is 2.11. The zero-order valence-electron chi connectivity index (χ0n) is 5.46. The predicted molar refractivity (Wildman–Crippen MR) is 40.7 cm³/mol. The van der Waals surface area contributed by atoms with Crippen LogP contribution in [0.15, 0.2) is 11.6 Å². The van der Waals surface area contributed by atoms with Gasteiger partial charge < -0.3 is 0 Å². The summed E-state index contributed by atoms with van der Waals surface area (Å²) in [7, 11) is 0. The highest BCUT2D eigenvalue weighted by Crippen LogP contribution is 2.23. The molecule has 0 aromatic heterocycles. The van der Waals surface area contributed by atoms with Crippen LogP contribution < -0.4 is 0 Å². The van der Waals surface area contributed by atoms with Gasteiger partial charge in [-0.3, -0.25) is 4.79 Å². The molecule has 0 aromatic carbocycles. The third-order valence-electron chi connectivity index (χ3n) is 1.47. The van der Waals surface area contributed by atoms with Gasteiger partial charge in [0.1, 0.15) is 6.29 Å². The number of hydrogen-bond donors (Lipinski definition) is 0. The molecule has 0 amide bonds. The van der Waals surface area contributed by atoms with Gasteiger partial charge in [0, 0.05) is 10.8 Å². The van der Waals surface area contributed by atoms with Crippen LogP contribution in [0.4, 0.5) is 0 Å². The van der Waals surface area contributed by atoms with Crippen LogP contribution in [0.25, 0.3) is 0 Å². The normalized spacial score (nSPS) is 27.2. The van der Waals surface area contributed by atoms with E-state index in [-0.39, 0.29) is 0 Å². The zero-order valence-corrected chi connectivity index (χ0v) is 6.28. The zero-order chi connectivity index (χ0) is 6.69. The van der Waals surface area contributed by atoms with E-state index in [1.807, 2.05) is 17.8 Å². The molecule has 0 aromatic rings. The van der Waals surface area contributed by atoms with Crippen molar-refractivity contribution < 1.29 is 4.79 Å². The van der Waals surface area contributed by atoms with Gasteiger partial charge in [-0.2, -0.15) is 11.8 Å². The molecule has 1 unspecified atom stereocenters. The van der Waals surface area contributed by atoms with Gasteiger partial charge in [-0.25, -0.2) is 0 Å². The Morgan fingerprint density at radius 2 is 2.67 bits per heavy atom. The van der Waals surface area contributed by atoms with Gasteiger partial charge in [0.25, 0.3) is 0 Å². The van der Waals surface area contributed by atoms with Crippen molar-refractivity contribution in [2.75, 3.05) is 5.75 Å². The minimum atomic E-state index is 0.427. The largest absolute Gasteiger partial charge is 0.298 e. The molecule has 9 heavy (non-hydrogen) atoms. The highest BCUT2D eigenvalue weighted by atomic mass is 32.2. The Morgan fingerprint density at radius 1 is 1.89 bits per heavy atom. The Morgan fingerprint density at radius 3 is 3.11 bits per heavy atom. The lowest BCUT2D eigenvalue weighted by molar-refractivity contribution is -0.105. The van der Waals surface area contributed by atoms with Crippen molar-refractivity contribution in [1.29, 1.82) is 0 Å². The molecule has 1 rings (SSSR count). The van der Waals surface area contributed by atoms with E-state index in [4.69, 9.17) is 0 Å². The standard InChI is InChI=1S/C7H10OS/c1-6-7(5-8)3-2-4-9-6/h3,5-6H,2,4H2,1H3. The first kappa shape index (κ1) is 6.87. The van der Waals surface area contributed by atoms with Gasteiger partial charge in [-0.05, 0) is 19.1 Å². The molecule has 50 valence electrons. The SMILES string of the molecule is CC1SCCC=C1C=O. The Labute approximate surface area is 59.5 Å². The smallest absolute Gasteiger partial charge is 0.146 e. The van der Waals surface area contributed by atoms with E-state index in [0.717, 1.165) is 18.3 Å². The summed E-state index contributed by atoms with van der Waals surface area (Å²) in [5, 5.41) is 0.427. The molecule has 2 heteroatoms. The van der Waals surface area contributed by atoms with Gasteiger partial charge in [-0.1, -0.05) is 6.08 Å². The van der Waals surface area contributed by atoms with Crippen molar-refractivity contribution in [1.82, 2.24) is 0 Å². The third-order valence-corrected chi connectivity index (χ3v) is 2.71. The van der Waals surface area contributed by atoms with Crippen molar-refractivity contribution in [2.24, 2.45) is 0 Å². The van der Waals surface area contributed by atoms with Gasteiger partial charge >= 0.3 is 0 Å². The van der Waals surface area contributed by atoms with E-state index in [1.54, 1.807) is 0 Å². The molecule has 0 bridgehead atoms. The number of aldehydes is 1. The molecule has 1 aliphatic heterocycles. The Hall–Kier alpha value is -0.240. The van der Waals surface area contributed by atoms with E-state index in [1.165, 1.54) is 5.75 Å². The Bertz CT molecular complexity index is 140. The molecule has 0 saturated heterocycles. The molecule has 1 atom stereocenters. The van der Waals surface area contributed by atoms with E-state index in [2.05, 4.69) is 6.92 Å². The summed E-state index contributed by atoms with van der Waals surface area (Å²) in [6, 6.07) is 0. The monoisotopic (exact) mass is 142 g/mol. The summed E-state index contributed by atoms with van der Waals surface area (Å²) in [4.78, 5) is 10.3. The molecule has 1 heterocycles. The molecule has 1 nitrogen and oxygen atoms in total. The molecular weight excluding hydrogens is 132 g/mol. The molecule has 0 aliphatic carbocycles. The molecular formula is C7H10OS. The van der Waals surface area contributed by atoms with Crippen LogP contribution in [0.5, 0.6) is 0 Å². The second-order valence-electron chi connectivity index (χ2n) is 2.12. The summed E-state index contributed by atoms with van der Waals surface area (Å²) in [5.41, 5.74) is 0.964. The van der Waals surface area contributed by atoms with Crippen LogP contribution in [0, 0.1) is 0 Å². The van der Waals surface area contributed by atoms with Crippen LogP contribution >= 0.6 is 11.8 Å². The third kappa shape index (κ3) is 1.58. The highest BCUT2D eigenvalue weighted by molar-refractivity contribution is 8.00. The maximum Gasteiger partial charge on any atom is 0.146 e. The average Bonchev–Trinajstić information content (AvgIpc) is 1.89. The summed E-state index contributed by atoms with van der Waals surface area (Å²) in [6.45, 7) is 2.07.